The molecule has 0 radical (unpaired) electrons. The van der Waals surface area contributed by atoms with Gasteiger partial charge in [0.1, 0.15) is 12.4 Å². The van der Waals surface area contributed by atoms with Crippen molar-refractivity contribution >= 4 is 29.2 Å². The van der Waals surface area contributed by atoms with Gasteiger partial charge in [-0.1, -0.05) is 59.5 Å². The summed E-state index contributed by atoms with van der Waals surface area (Å²) in [7, 11) is 0. The molecule has 0 saturated carbocycles. The molecule has 0 bridgehead atoms. The maximum Gasteiger partial charge on any atom is 0.263 e. The second-order valence-corrected chi connectivity index (χ2v) is 6.54. The SMILES string of the molecule is CCCn1nnc(NCc2ccccc2OCc2ccc(Cl)cc2Cl)n1. The highest BCUT2D eigenvalue weighted by Crippen LogP contribution is 2.24. The molecular weight excluding hydrogens is 373 g/mol. The zero-order valence-corrected chi connectivity index (χ0v) is 15.8. The van der Waals surface area contributed by atoms with Crippen molar-refractivity contribution in [2.45, 2.75) is 33.0 Å². The molecule has 1 heterocycles. The number of halogens is 2. The Morgan fingerprint density at radius 1 is 1.12 bits per heavy atom. The number of para-hydroxylation sites is 1. The fourth-order valence-electron chi connectivity index (χ4n) is 2.37. The van der Waals surface area contributed by atoms with Crippen molar-refractivity contribution in [2.24, 2.45) is 0 Å². The maximum absolute atomic E-state index is 6.20. The maximum atomic E-state index is 6.20. The number of anilines is 1. The highest BCUT2D eigenvalue weighted by Gasteiger charge is 2.08. The van der Waals surface area contributed by atoms with Crippen LogP contribution in [0.1, 0.15) is 24.5 Å². The standard InChI is InChI=1S/C18H19Cl2N5O/c1-2-9-25-23-18(22-24-25)21-11-13-5-3-4-6-17(13)26-12-14-7-8-15(19)10-16(14)20/h3-8,10H,2,9,11-12H2,1H3,(H,21,23). The number of aromatic nitrogens is 4. The zero-order valence-electron chi connectivity index (χ0n) is 14.3. The van der Waals surface area contributed by atoms with Crippen molar-refractivity contribution in [3.63, 3.8) is 0 Å². The van der Waals surface area contributed by atoms with Crippen molar-refractivity contribution in [1.29, 1.82) is 0 Å². The Labute approximate surface area is 162 Å². The number of nitrogens with one attached hydrogen (secondary N) is 1. The van der Waals surface area contributed by atoms with Gasteiger partial charge in [-0.3, -0.25) is 0 Å². The van der Waals surface area contributed by atoms with Crippen LogP contribution in [0, 0.1) is 0 Å². The number of tetrazole rings is 1. The average Bonchev–Trinajstić information content (AvgIpc) is 3.08. The highest BCUT2D eigenvalue weighted by atomic mass is 35.5. The Balaban J connectivity index is 1.63. The molecule has 1 aromatic heterocycles. The highest BCUT2D eigenvalue weighted by molar-refractivity contribution is 6.35. The first-order chi connectivity index (χ1) is 12.7. The van der Waals surface area contributed by atoms with E-state index < -0.39 is 0 Å². The molecule has 136 valence electrons. The van der Waals surface area contributed by atoms with E-state index in [1.807, 2.05) is 30.3 Å². The van der Waals surface area contributed by atoms with E-state index in [9.17, 15) is 0 Å². The monoisotopic (exact) mass is 391 g/mol. The Morgan fingerprint density at radius 3 is 2.77 bits per heavy atom. The summed E-state index contributed by atoms with van der Waals surface area (Å²) in [6, 6.07) is 13.2. The van der Waals surface area contributed by atoms with Gasteiger partial charge in [-0.15, -0.1) is 5.10 Å². The second-order valence-electron chi connectivity index (χ2n) is 5.69. The topological polar surface area (TPSA) is 64.9 Å². The van der Waals surface area contributed by atoms with E-state index in [0.717, 1.165) is 29.8 Å². The number of nitrogens with zero attached hydrogens (tertiary/aromatic N) is 4. The van der Waals surface area contributed by atoms with Crippen molar-refractivity contribution < 1.29 is 4.74 Å². The van der Waals surface area contributed by atoms with E-state index in [1.54, 1.807) is 16.9 Å². The molecule has 0 aliphatic rings. The van der Waals surface area contributed by atoms with Gasteiger partial charge >= 0.3 is 0 Å². The molecule has 1 N–H and O–H groups in total. The van der Waals surface area contributed by atoms with Crippen LogP contribution in [0.4, 0.5) is 5.95 Å². The molecule has 0 atom stereocenters. The normalized spacial score (nSPS) is 10.7. The van der Waals surface area contributed by atoms with Gasteiger partial charge in [0, 0.05) is 27.7 Å². The van der Waals surface area contributed by atoms with Gasteiger partial charge in [0.2, 0.25) is 0 Å². The zero-order chi connectivity index (χ0) is 18.4. The fourth-order valence-corrected chi connectivity index (χ4v) is 2.83. The third-order valence-electron chi connectivity index (χ3n) is 3.68. The van der Waals surface area contributed by atoms with Gasteiger partial charge in [-0.25, -0.2) is 0 Å². The molecule has 8 heteroatoms. The summed E-state index contributed by atoms with van der Waals surface area (Å²) in [5.74, 6) is 1.26. The molecule has 6 nitrogen and oxygen atoms in total. The third kappa shape index (κ3) is 4.86. The van der Waals surface area contributed by atoms with Crippen LogP contribution < -0.4 is 10.1 Å². The van der Waals surface area contributed by atoms with Crippen LogP contribution in [0.15, 0.2) is 42.5 Å². The first-order valence-corrected chi connectivity index (χ1v) is 9.07. The summed E-state index contributed by atoms with van der Waals surface area (Å²) >= 11 is 12.1. The van der Waals surface area contributed by atoms with Gasteiger partial charge in [-0.2, -0.15) is 4.80 Å². The third-order valence-corrected chi connectivity index (χ3v) is 4.27. The quantitative estimate of drug-likeness (QED) is 0.608. The summed E-state index contributed by atoms with van der Waals surface area (Å²) < 4.78 is 5.95. The van der Waals surface area contributed by atoms with E-state index in [0.29, 0.717) is 29.1 Å². The molecule has 0 unspecified atom stereocenters. The lowest BCUT2D eigenvalue weighted by molar-refractivity contribution is 0.303. The minimum absolute atomic E-state index is 0.359. The van der Waals surface area contributed by atoms with Crippen LogP contribution in [0.3, 0.4) is 0 Å². The number of ether oxygens (including phenoxy) is 1. The van der Waals surface area contributed by atoms with Gasteiger partial charge in [0.05, 0.1) is 6.54 Å². The van der Waals surface area contributed by atoms with Crippen LogP contribution in [-0.2, 0) is 19.7 Å². The van der Waals surface area contributed by atoms with E-state index in [-0.39, 0.29) is 0 Å². The number of aryl methyl sites for hydroxylation is 1. The smallest absolute Gasteiger partial charge is 0.263 e. The number of hydrogen-bond donors (Lipinski definition) is 1. The van der Waals surface area contributed by atoms with Gasteiger partial charge in [0.25, 0.3) is 5.95 Å². The number of rotatable bonds is 8. The van der Waals surface area contributed by atoms with E-state index in [4.69, 9.17) is 27.9 Å². The van der Waals surface area contributed by atoms with Crippen LogP contribution in [-0.4, -0.2) is 20.2 Å². The molecule has 0 aliphatic heterocycles. The largest absolute Gasteiger partial charge is 0.488 e. The molecule has 2 aromatic carbocycles. The van der Waals surface area contributed by atoms with Crippen LogP contribution in [0.25, 0.3) is 0 Å². The molecular formula is C18H19Cl2N5O. The van der Waals surface area contributed by atoms with Crippen LogP contribution in [0.2, 0.25) is 10.0 Å². The van der Waals surface area contributed by atoms with Crippen LogP contribution >= 0.6 is 23.2 Å². The Morgan fingerprint density at radius 2 is 1.96 bits per heavy atom. The first kappa shape index (κ1) is 18.5. The number of hydrogen-bond acceptors (Lipinski definition) is 5. The summed E-state index contributed by atoms with van der Waals surface area (Å²) in [5.41, 5.74) is 1.87. The van der Waals surface area contributed by atoms with E-state index in [1.165, 1.54) is 0 Å². The Hall–Kier alpha value is -2.31. The van der Waals surface area contributed by atoms with Crippen molar-refractivity contribution in [3.8, 4) is 5.75 Å². The Kier molecular flexibility index (Phi) is 6.30. The summed E-state index contributed by atoms with van der Waals surface area (Å²) in [5, 5.41) is 16.6. The second kappa shape index (κ2) is 8.87. The van der Waals surface area contributed by atoms with Crippen molar-refractivity contribution in [1.82, 2.24) is 20.2 Å². The minimum Gasteiger partial charge on any atom is -0.488 e. The molecule has 0 amide bonds. The fraction of sp³-hybridized carbons (Fsp3) is 0.278. The first-order valence-electron chi connectivity index (χ1n) is 8.32. The van der Waals surface area contributed by atoms with Gasteiger partial charge < -0.3 is 10.1 Å². The summed E-state index contributed by atoms with van der Waals surface area (Å²) in [4.78, 5) is 1.58. The minimum atomic E-state index is 0.359. The molecule has 3 rings (SSSR count). The molecule has 0 spiro atoms. The van der Waals surface area contributed by atoms with Crippen molar-refractivity contribution in [3.05, 3.63) is 63.6 Å². The summed E-state index contributed by atoms with van der Waals surface area (Å²) in [6.07, 6.45) is 0.958. The lowest BCUT2D eigenvalue weighted by Crippen LogP contribution is -2.06. The average molecular weight is 392 g/mol. The molecule has 0 saturated heterocycles. The van der Waals surface area contributed by atoms with E-state index in [2.05, 4.69) is 27.7 Å². The molecule has 0 fully saturated rings. The summed E-state index contributed by atoms with van der Waals surface area (Å²) in [6.45, 7) is 3.70. The van der Waals surface area contributed by atoms with E-state index >= 15 is 0 Å². The molecule has 3 aromatic rings. The lowest BCUT2D eigenvalue weighted by atomic mass is 10.2. The molecule has 0 aliphatic carbocycles. The predicted octanol–water partition coefficient (Wildman–Crippen LogP) is 4.58. The molecule has 26 heavy (non-hydrogen) atoms. The van der Waals surface area contributed by atoms with Crippen molar-refractivity contribution in [2.75, 3.05) is 5.32 Å². The number of benzene rings is 2. The Bertz CT molecular complexity index is 868. The lowest BCUT2D eigenvalue weighted by Gasteiger charge is -2.12. The predicted molar refractivity (Wildman–Crippen MR) is 103 cm³/mol. The van der Waals surface area contributed by atoms with Gasteiger partial charge in [0.15, 0.2) is 0 Å². The van der Waals surface area contributed by atoms with Gasteiger partial charge in [-0.05, 0) is 29.8 Å². The van der Waals surface area contributed by atoms with Crippen LogP contribution in [0.5, 0.6) is 5.75 Å².